The number of aryl methyl sites for hydroxylation is 1. The van der Waals surface area contributed by atoms with Gasteiger partial charge in [-0.1, -0.05) is 12.1 Å². The standard InChI is InChI=1S/C19H19FN4O3S/c1-11-8-14(28(21,26)27)9-17(12(11)2)23-19(25)15-10-22-24(13(15)3)18-7-5-4-6-16(18)20/h4-10H,1-3H3,(H,23,25)(H2,21,26,27). The van der Waals surface area contributed by atoms with Gasteiger partial charge in [-0.05, 0) is 56.2 Å². The molecule has 1 amide bonds. The van der Waals surface area contributed by atoms with Gasteiger partial charge >= 0.3 is 0 Å². The molecule has 0 fully saturated rings. The van der Waals surface area contributed by atoms with Crippen LogP contribution in [0.25, 0.3) is 5.69 Å². The number of primary sulfonamides is 1. The average Bonchev–Trinajstić information content (AvgIpc) is 2.99. The third-order valence-electron chi connectivity index (χ3n) is 4.55. The minimum Gasteiger partial charge on any atom is -0.322 e. The molecule has 0 unspecified atom stereocenters. The lowest BCUT2D eigenvalue weighted by molar-refractivity contribution is 0.102. The van der Waals surface area contributed by atoms with Crippen molar-refractivity contribution in [2.75, 3.05) is 5.32 Å². The van der Waals surface area contributed by atoms with Crippen molar-refractivity contribution in [1.82, 2.24) is 9.78 Å². The summed E-state index contributed by atoms with van der Waals surface area (Å²) >= 11 is 0. The van der Waals surface area contributed by atoms with Crippen LogP contribution in [-0.4, -0.2) is 24.1 Å². The summed E-state index contributed by atoms with van der Waals surface area (Å²) in [5.74, 6) is -0.956. The molecule has 3 rings (SSSR count). The molecule has 1 heterocycles. The topological polar surface area (TPSA) is 107 Å². The van der Waals surface area contributed by atoms with E-state index >= 15 is 0 Å². The summed E-state index contributed by atoms with van der Waals surface area (Å²) in [6.07, 6.45) is 1.34. The molecule has 146 valence electrons. The van der Waals surface area contributed by atoms with Crippen LogP contribution in [-0.2, 0) is 10.0 Å². The number of nitrogens with two attached hydrogens (primary N) is 1. The third-order valence-corrected chi connectivity index (χ3v) is 5.45. The molecule has 2 aromatic carbocycles. The van der Waals surface area contributed by atoms with E-state index in [-0.39, 0.29) is 16.1 Å². The van der Waals surface area contributed by atoms with Crippen LogP contribution in [0.15, 0.2) is 47.5 Å². The molecule has 0 saturated carbocycles. The number of benzene rings is 2. The fourth-order valence-electron chi connectivity index (χ4n) is 2.81. The predicted molar refractivity (Wildman–Crippen MR) is 104 cm³/mol. The second kappa shape index (κ2) is 7.17. The van der Waals surface area contributed by atoms with E-state index in [1.165, 1.54) is 29.1 Å². The maximum atomic E-state index is 14.0. The van der Waals surface area contributed by atoms with Gasteiger partial charge in [-0.25, -0.2) is 22.6 Å². The number of amides is 1. The van der Waals surface area contributed by atoms with E-state index in [4.69, 9.17) is 5.14 Å². The summed E-state index contributed by atoms with van der Waals surface area (Å²) in [6.45, 7) is 5.13. The third kappa shape index (κ3) is 3.67. The molecule has 0 saturated heterocycles. The first-order chi connectivity index (χ1) is 13.1. The zero-order valence-corrected chi connectivity index (χ0v) is 16.3. The van der Waals surface area contributed by atoms with Crippen molar-refractivity contribution in [3.8, 4) is 5.69 Å². The summed E-state index contributed by atoms with van der Waals surface area (Å²) in [4.78, 5) is 12.7. The van der Waals surface area contributed by atoms with E-state index in [2.05, 4.69) is 10.4 Å². The number of carbonyl (C=O) groups excluding carboxylic acids is 1. The minimum absolute atomic E-state index is 0.0929. The second-order valence-electron chi connectivity index (χ2n) is 6.42. The Morgan fingerprint density at radius 3 is 2.50 bits per heavy atom. The molecule has 3 aromatic rings. The van der Waals surface area contributed by atoms with E-state index < -0.39 is 21.7 Å². The van der Waals surface area contributed by atoms with Gasteiger partial charge in [-0.2, -0.15) is 5.10 Å². The molecule has 7 nitrogen and oxygen atoms in total. The van der Waals surface area contributed by atoms with Crippen LogP contribution >= 0.6 is 0 Å². The number of sulfonamides is 1. The Hall–Kier alpha value is -3.04. The molecular weight excluding hydrogens is 383 g/mol. The highest BCUT2D eigenvalue weighted by Crippen LogP contribution is 2.25. The largest absolute Gasteiger partial charge is 0.322 e. The molecule has 1 aromatic heterocycles. The van der Waals surface area contributed by atoms with Crippen molar-refractivity contribution < 1.29 is 17.6 Å². The number of hydrogen-bond donors (Lipinski definition) is 2. The van der Waals surface area contributed by atoms with Crippen molar-refractivity contribution in [1.29, 1.82) is 0 Å². The Bertz CT molecular complexity index is 1190. The van der Waals surface area contributed by atoms with Gasteiger partial charge in [0.2, 0.25) is 10.0 Å². The van der Waals surface area contributed by atoms with E-state index in [1.807, 2.05) is 0 Å². The Morgan fingerprint density at radius 1 is 1.18 bits per heavy atom. The van der Waals surface area contributed by atoms with Gasteiger partial charge in [-0.15, -0.1) is 0 Å². The number of aromatic nitrogens is 2. The van der Waals surface area contributed by atoms with E-state index in [0.29, 0.717) is 22.5 Å². The van der Waals surface area contributed by atoms with Gasteiger partial charge in [0.25, 0.3) is 5.91 Å². The molecule has 0 aliphatic heterocycles. The highest BCUT2D eigenvalue weighted by Gasteiger charge is 2.19. The SMILES string of the molecule is Cc1cc(S(N)(=O)=O)cc(NC(=O)c2cnn(-c3ccccc3F)c2C)c1C. The monoisotopic (exact) mass is 402 g/mol. The predicted octanol–water partition coefficient (Wildman–Crippen LogP) is 2.84. The molecule has 0 radical (unpaired) electrons. The molecule has 0 spiro atoms. The second-order valence-corrected chi connectivity index (χ2v) is 7.98. The maximum absolute atomic E-state index is 14.0. The van der Waals surface area contributed by atoms with Gasteiger partial charge in [0.15, 0.2) is 0 Å². The van der Waals surface area contributed by atoms with Gasteiger partial charge in [0.05, 0.1) is 22.3 Å². The zero-order valence-electron chi connectivity index (χ0n) is 15.5. The van der Waals surface area contributed by atoms with Gasteiger partial charge in [0, 0.05) is 5.69 Å². The lowest BCUT2D eigenvalue weighted by atomic mass is 10.1. The first-order valence-corrected chi connectivity index (χ1v) is 9.89. The van der Waals surface area contributed by atoms with Crippen LogP contribution in [0.1, 0.15) is 27.2 Å². The summed E-state index contributed by atoms with van der Waals surface area (Å²) < 4.78 is 38.7. The van der Waals surface area contributed by atoms with Crippen LogP contribution < -0.4 is 10.5 Å². The molecule has 0 atom stereocenters. The van der Waals surface area contributed by atoms with E-state index in [0.717, 1.165) is 0 Å². The van der Waals surface area contributed by atoms with Crippen molar-refractivity contribution in [2.24, 2.45) is 5.14 Å². The van der Waals surface area contributed by atoms with E-state index in [9.17, 15) is 17.6 Å². The fourth-order valence-corrected chi connectivity index (χ4v) is 3.43. The van der Waals surface area contributed by atoms with Crippen molar-refractivity contribution in [3.05, 3.63) is 70.8 Å². The Kier molecular flexibility index (Phi) is 5.05. The molecule has 0 aliphatic carbocycles. The minimum atomic E-state index is -3.92. The van der Waals surface area contributed by atoms with Crippen molar-refractivity contribution in [2.45, 2.75) is 25.7 Å². The summed E-state index contributed by atoms with van der Waals surface area (Å²) in [5.41, 5.74) is 2.61. The first-order valence-electron chi connectivity index (χ1n) is 8.34. The lowest BCUT2D eigenvalue weighted by Gasteiger charge is -2.13. The number of nitrogens with one attached hydrogen (secondary N) is 1. The Morgan fingerprint density at radius 2 is 1.86 bits per heavy atom. The molecule has 0 bridgehead atoms. The number of hydrogen-bond acceptors (Lipinski definition) is 4. The highest BCUT2D eigenvalue weighted by atomic mass is 32.2. The fraction of sp³-hybridized carbons (Fsp3) is 0.158. The number of rotatable bonds is 4. The molecule has 3 N–H and O–H groups in total. The number of anilines is 1. The normalized spacial score (nSPS) is 11.5. The van der Waals surface area contributed by atoms with Crippen LogP contribution in [0, 0.1) is 26.6 Å². The van der Waals surface area contributed by atoms with Crippen LogP contribution in [0.5, 0.6) is 0 Å². The lowest BCUT2D eigenvalue weighted by Crippen LogP contribution is -2.17. The highest BCUT2D eigenvalue weighted by molar-refractivity contribution is 7.89. The number of nitrogens with zero attached hydrogens (tertiary/aromatic N) is 2. The number of carbonyl (C=O) groups is 1. The summed E-state index contributed by atoms with van der Waals surface area (Å²) in [5, 5.41) is 12.0. The quantitative estimate of drug-likeness (QED) is 0.700. The van der Waals surface area contributed by atoms with Crippen LogP contribution in [0.3, 0.4) is 0 Å². The summed E-state index contributed by atoms with van der Waals surface area (Å²) in [7, 11) is -3.92. The smallest absolute Gasteiger partial charge is 0.259 e. The van der Waals surface area contributed by atoms with E-state index in [1.54, 1.807) is 39.0 Å². The summed E-state index contributed by atoms with van der Waals surface area (Å²) in [6, 6.07) is 8.86. The average molecular weight is 402 g/mol. The maximum Gasteiger partial charge on any atom is 0.259 e. The van der Waals surface area contributed by atoms with Crippen LogP contribution in [0.2, 0.25) is 0 Å². The van der Waals surface area contributed by atoms with Crippen molar-refractivity contribution in [3.63, 3.8) is 0 Å². The van der Waals surface area contributed by atoms with Crippen molar-refractivity contribution >= 4 is 21.6 Å². The number of halogens is 1. The van der Waals surface area contributed by atoms with Gasteiger partial charge < -0.3 is 5.32 Å². The van der Waals surface area contributed by atoms with Gasteiger partial charge in [-0.3, -0.25) is 4.79 Å². The van der Waals surface area contributed by atoms with Crippen LogP contribution in [0.4, 0.5) is 10.1 Å². The number of para-hydroxylation sites is 1. The molecule has 28 heavy (non-hydrogen) atoms. The molecular formula is C19H19FN4O3S. The zero-order chi connectivity index (χ0) is 20.6. The first kappa shape index (κ1) is 19.7. The molecule has 9 heteroatoms. The van der Waals surface area contributed by atoms with Gasteiger partial charge in [0.1, 0.15) is 11.5 Å². The Balaban J connectivity index is 1.97. The Labute approximate surface area is 162 Å². The molecule has 0 aliphatic rings.